The van der Waals surface area contributed by atoms with Crippen LogP contribution in [0.15, 0.2) is 0 Å². The van der Waals surface area contributed by atoms with Crippen LogP contribution in [0.4, 0.5) is 17.7 Å². The van der Waals surface area contributed by atoms with Gasteiger partial charge in [0.25, 0.3) is 5.91 Å². The van der Waals surface area contributed by atoms with E-state index in [4.69, 9.17) is 0 Å². The lowest BCUT2D eigenvalue weighted by Crippen LogP contribution is -2.48. The summed E-state index contributed by atoms with van der Waals surface area (Å²) in [5, 5.41) is 2.51. The maximum absolute atomic E-state index is 12.4. The molecule has 1 aliphatic carbocycles. The molecule has 1 spiro atoms. The zero-order valence-electron chi connectivity index (χ0n) is 10.6. The second kappa shape index (κ2) is 5.05. The van der Waals surface area contributed by atoms with Gasteiger partial charge in [0.1, 0.15) is 5.54 Å². The third kappa shape index (κ3) is 3.04. The summed E-state index contributed by atoms with van der Waals surface area (Å²) < 4.78 is 37.3. The minimum Gasteiger partial charge on any atom is -0.448 e. The van der Waals surface area contributed by atoms with Gasteiger partial charge in [0, 0.05) is 6.44 Å². The van der Waals surface area contributed by atoms with E-state index in [2.05, 4.69) is 5.32 Å². The van der Waals surface area contributed by atoms with E-state index in [0.29, 0.717) is 17.7 Å². The van der Waals surface area contributed by atoms with Crippen molar-refractivity contribution in [1.29, 1.82) is 0 Å². The van der Waals surface area contributed by atoms with Gasteiger partial charge in [0.15, 0.2) is 0 Å². The topological polar surface area (TPSA) is 49.4 Å². The number of nitrogens with zero attached hydrogens (tertiary/aromatic N) is 1. The summed E-state index contributed by atoms with van der Waals surface area (Å²) in [5.74, 6) is -0.696. The van der Waals surface area contributed by atoms with Crippen molar-refractivity contribution < 1.29 is 22.5 Å². The van der Waals surface area contributed by atoms with Crippen LogP contribution < -0.4 is 5.32 Å². The lowest BCUT2D eigenvalue weighted by atomic mass is 9.83. The third-order valence-electron chi connectivity index (χ3n) is 3.84. The molecule has 2 fully saturated rings. The maximum Gasteiger partial charge on any atom is 0.497 e. The molecule has 108 valence electrons. The van der Waals surface area contributed by atoms with Crippen molar-refractivity contribution in [2.75, 3.05) is 6.44 Å². The molecular weight excluding hydrogens is 260 g/mol. The molecule has 0 aromatic rings. The lowest BCUT2D eigenvalue weighted by Gasteiger charge is -2.29. The Morgan fingerprint density at radius 1 is 1.05 bits per heavy atom. The Bertz CT molecular complexity index is 379. The van der Waals surface area contributed by atoms with E-state index in [0.717, 1.165) is 32.1 Å². The minimum atomic E-state index is -5.19. The van der Waals surface area contributed by atoms with E-state index in [1.165, 1.54) is 0 Å². The SMILES string of the molecule is O=C1NC2(CCCCCCC2)C(=O)N1C[B-](F)(F)F. The van der Waals surface area contributed by atoms with Crippen molar-refractivity contribution in [2.24, 2.45) is 0 Å². The van der Waals surface area contributed by atoms with Crippen molar-refractivity contribution in [1.82, 2.24) is 10.2 Å². The molecule has 0 atom stereocenters. The lowest BCUT2D eigenvalue weighted by molar-refractivity contribution is -0.131. The van der Waals surface area contributed by atoms with Gasteiger partial charge in [-0.15, -0.1) is 0 Å². The van der Waals surface area contributed by atoms with Gasteiger partial charge in [-0.3, -0.25) is 9.69 Å². The molecule has 1 N–H and O–H groups in total. The molecule has 0 radical (unpaired) electrons. The first-order valence-corrected chi connectivity index (χ1v) is 6.69. The van der Waals surface area contributed by atoms with Gasteiger partial charge in [-0.1, -0.05) is 32.1 Å². The second-order valence-corrected chi connectivity index (χ2v) is 5.41. The van der Waals surface area contributed by atoms with E-state index in [9.17, 15) is 22.5 Å². The summed E-state index contributed by atoms with van der Waals surface area (Å²) in [4.78, 5) is 24.2. The second-order valence-electron chi connectivity index (χ2n) is 5.41. The van der Waals surface area contributed by atoms with Gasteiger partial charge in [-0.05, 0) is 12.8 Å². The summed E-state index contributed by atoms with van der Waals surface area (Å²) in [7, 11) is 0. The molecule has 4 nitrogen and oxygen atoms in total. The number of rotatable bonds is 2. The van der Waals surface area contributed by atoms with E-state index < -0.39 is 30.9 Å². The van der Waals surface area contributed by atoms with Gasteiger partial charge in [-0.2, -0.15) is 0 Å². The summed E-state index contributed by atoms with van der Waals surface area (Å²) >= 11 is 0. The number of hydrogen-bond acceptors (Lipinski definition) is 2. The van der Waals surface area contributed by atoms with Gasteiger partial charge in [0.2, 0.25) is 0 Å². The monoisotopic (exact) mass is 277 g/mol. The number of hydrogen-bond donors (Lipinski definition) is 1. The molecule has 2 rings (SSSR count). The Labute approximate surface area is 109 Å². The molecule has 0 unspecified atom stereocenters. The Balaban J connectivity index is 2.15. The minimum absolute atomic E-state index is 0.335. The fourth-order valence-electron chi connectivity index (χ4n) is 2.90. The molecule has 19 heavy (non-hydrogen) atoms. The Morgan fingerprint density at radius 2 is 1.58 bits per heavy atom. The highest BCUT2D eigenvalue weighted by molar-refractivity contribution is 6.59. The van der Waals surface area contributed by atoms with Crippen molar-refractivity contribution >= 4 is 18.9 Å². The number of carbonyl (C=O) groups excluding carboxylic acids is 2. The fourth-order valence-corrected chi connectivity index (χ4v) is 2.90. The van der Waals surface area contributed by atoms with Crippen molar-refractivity contribution in [3.8, 4) is 0 Å². The molecule has 1 aliphatic heterocycles. The average molecular weight is 277 g/mol. The smallest absolute Gasteiger partial charge is 0.448 e. The summed E-state index contributed by atoms with van der Waals surface area (Å²) in [6, 6.07) is -0.898. The highest BCUT2D eigenvalue weighted by Crippen LogP contribution is 2.32. The zero-order chi connectivity index (χ0) is 14.1. The van der Waals surface area contributed by atoms with Crippen molar-refractivity contribution in [3.63, 3.8) is 0 Å². The Kier molecular flexibility index (Phi) is 3.78. The normalized spacial score (nSPS) is 24.3. The summed E-state index contributed by atoms with van der Waals surface area (Å²) in [5.41, 5.74) is -1.08. The van der Waals surface area contributed by atoms with Crippen LogP contribution in [0.2, 0.25) is 0 Å². The third-order valence-corrected chi connectivity index (χ3v) is 3.84. The number of urea groups is 1. The van der Waals surface area contributed by atoms with Crippen molar-refractivity contribution in [2.45, 2.75) is 50.5 Å². The molecule has 0 bridgehead atoms. The predicted octanol–water partition coefficient (Wildman–Crippen LogP) is 2.41. The Hall–Kier alpha value is -1.21. The molecule has 0 aromatic carbocycles. The first-order chi connectivity index (χ1) is 8.84. The molecule has 1 heterocycles. The van der Waals surface area contributed by atoms with E-state index in [-0.39, 0.29) is 0 Å². The first kappa shape index (κ1) is 14.2. The molecule has 1 saturated carbocycles. The number of halogens is 3. The fraction of sp³-hybridized carbons (Fsp3) is 0.818. The molecule has 8 heteroatoms. The van der Waals surface area contributed by atoms with Crippen LogP contribution in [0, 0.1) is 0 Å². The van der Waals surface area contributed by atoms with Crippen LogP contribution in [0.5, 0.6) is 0 Å². The van der Waals surface area contributed by atoms with Crippen LogP contribution in [0.1, 0.15) is 44.9 Å². The maximum atomic E-state index is 12.4. The highest BCUT2D eigenvalue weighted by atomic mass is 19.4. The van der Waals surface area contributed by atoms with Crippen LogP contribution in [0.25, 0.3) is 0 Å². The molecule has 1 saturated heterocycles. The van der Waals surface area contributed by atoms with E-state index in [1.807, 2.05) is 0 Å². The van der Waals surface area contributed by atoms with Crippen LogP contribution >= 0.6 is 0 Å². The zero-order valence-corrected chi connectivity index (χ0v) is 10.6. The van der Waals surface area contributed by atoms with Crippen LogP contribution in [0.3, 0.4) is 0 Å². The molecule has 2 aliphatic rings. The quantitative estimate of drug-likeness (QED) is 0.622. The summed E-state index contributed by atoms with van der Waals surface area (Å²) in [6.45, 7) is -5.19. The molecular formula is C11H17BF3N2O2-. The highest BCUT2D eigenvalue weighted by Gasteiger charge is 2.51. The van der Waals surface area contributed by atoms with Gasteiger partial charge >= 0.3 is 13.0 Å². The predicted molar refractivity (Wildman–Crippen MR) is 64.4 cm³/mol. The van der Waals surface area contributed by atoms with E-state index in [1.54, 1.807) is 0 Å². The molecule has 3 amide bonds. The Morgan fingerprint density at radius 3 is 2.11 bits per heavy atom. The number of amides is 3. The van der Waals surface area contributed by atoms with E-state index >= 15 is 0 Å². The number of imide groups is 1. The van der Waals surface area contributed by atoms with Gasteiger partial charge in [0.05, 0.1) is 0 Å². The van der Waals surface area contributed by atoms with Crippen LogP contribution in [-0.2, 0) is 4.79 Å². The molecule has 0 aromatic heterocycles. The standard InChI is InChI=1S/C11H17BF3N2O2/c13-12(14,15)8-17-9(18)11(16-10(17)19)6-4-2-1-3-5-7-11/h1-8H2,(H,16,19)/q-1. The van der Waals surface area contributed by atoms with Crippen molar-refractivity contribution in [3.05, 3.63) is 0 Å². The number of carbonyl (C=O) groups is 2. The largest absolute Gasteiger partial charge is 0.497 e. The summed E-state index contributed by atoms with van der Waals surface area (Å²) in [6.07, 6.45) is 3.95. The van der Waals surface area contributed by atoms with Gasteiger partial charge < -0.3 is 18.3 Å². The average Bonchev–Trinajstić information content (AvgIpc) is 2.48. The van der Waals surface area contributed by atoms with Crippen LogP contribution in [-0.4, -0.2) is 35.8 Å². The van der Waals surface area contributed by atoms with Gasteiger partial charge in [-0.25, -0.2) is 4.79 Å². The first-order valence-electron chi connectivity index (χ1n) is 6.69. The number of nitrogens with one attached hydrogen (secondary N) is 1.